The smallest absolute Gasteiger partial charge is 0.301 e. The van der Waals surface area contributed by atoms with E-state index in [1.807, 2.05) is 0 Å². The van der Waals surface area contributed by atoms with E-state index in [4.69, 9.17) is 0 Å². The van der Waals surface area contributed by atoms with Crippen LogP contribution in [0.4, 0.5) is 5.69 Å². The first-order valence-electron chi connectivity index (χ1n) is 4.78. The van der Waals surface area contributed by atoms with Gasteiger partial charge in [0.25, 0.3) is 0 Å². The number of benzene rings is 1. The van der Waals surface area contributed by atoms with Crippen LogP contribution in [0.1, 0.15) is 17.3 Å². The Kier molecular flexibility index (Phi) is 3.74. The molecule has 0 spiro atoms. The molecule has 0 aromatic heterocycles. The van der Waals surface area contributed by atoms with Gasteiger partial charge in [0.2, 0.25) is 0 Å². The number of nitrogens with one attached hydrogen (secondary N) is 1. The Morgan fingerprint density at radius 1 is 1.35 bits per heavy atom. The molecule has 1 rings (SSSR count). The van der Waals surface area contributed by atoms with Crippen LogP contribution in [0, 0.1) is 0 Å². The molecule has 94 valence electrons. The predicted molar refractivity (Wildman–Crippen MR) is 64.3 cm³/mol. The van der Waals surface area contributed by atoms with E-state index in [0.29, 0.717) is 5.56 Å². The lowest BCUT2D eigenvalue weighted by Crippen LogP contribution is -2.29. The van der Waals surface area contributed by atoms with E-state index >= 15 is 0 Å². The molecule has 0 aliphatic rings. The number of Topliss-reactive ketones (excluding diaryl/α,β-unsaturated/α-hetero) is 1. The second kappa shape index (κ2) is 4.72. The molecule has 0 atom stereocenters. The Morgan fingerprint density at radius 2 is 1.94 bits per heavy atom. The Balaban J connectivity index is 3.15. The van der Waals surface area contributed by atoms with Crippen LogP contribution in [0.25, 0.3) is 0 Å². The van der Waals surface area contributed by atoms with Crippen LogP contribution >= 0.6 is 0 Å². The summed E-state index contributed by atoms with van der Waals surface area (Å²) >= 11 is 0. The highest BCUT2D eigenvalue weighted by molar-refractivity contribution is 7.90. The molecule has 0 fully saturated rings. The van der Waals surface area contributed by atoms with Crippen LogP contribution in [0.15, 0.2) is 18.2 Å². The maximum Gasteiger partial charge on any atom is 0.301 e. The number of phenolic OH excluding ortho intramolecular Hbond substituents is 1. The quantitative estimate of drug-likeness (QED) is 0.618. The molecule has 7 heteroatoms. The van der Waals surface area contributed by atoms with Gasteiger partial charge in [-0.2, -0.15) is 12.7 Å². The summed E-state index contributed by atoms with van der Waals surface area (Å²) in [5.41, 5.74) is 0.297. The number of aromatic hydroxyl groups is 1. The van der Waals surface area contributed by atoms with Crippen LogP contribution < -0.4 is 4.72 Å². The number of phenols is 1. The molecular formula is C10H14N2O4S. The van der Waals surface area contributed by atoms with Crippen molar-refractivity contribution in [3.8, 4) is 5.75 Å². The number of nitrogens with zero attached hydrogens (tertiary/aromatic N) is 1. The zero-order chi connectivity index (χ0) is 13.2. The third kappa shape index (κ3) is 3.18. The summed E-state index contributed by atoms with van der Waals surface area (Å²) in [6.45, 7) is 1.36. The fraction of sp³-hybridized carbons (Fsp3) is 0.300. The number of carbonyl (C=O) groups is 1. The number of carbonyl (C=O) groups excluding carboxylic acids is 1. The maximum absolute atomic E-state index is 11.6. The second-order valence-electron chi connectivity index (χ2n) is 3.68. The molecule has 0 saturated carbocycles. The number of rotatable bonds is 4. The van der Waals surface area contributed by atoms with Gasteiger partial charge in [0.1, 0.15) is 5.75 Å². The van der Waals surface area contributed by atoms with Crippen LogP contribution in [-0.4, -0.2) is 37.7 Å². The van der Waals surface area contributed by atoms with Gasteiger partial charge in [-0.25, -0.2) is 0 Å². The normalized spacial score (nSPS) is 11.5. The van der Waals surface area contributed by atoms with Crippen molar-refractivity contribution in [2.75, 3.05) is 18.8 Å². The first kappa shape index (κ1) is 13.5. The summed E-state index contributed by atoms with van der Waals surface area (Å²) in [4.78, 5) is 11.1. The molecule has 0 amide bonds. The highest BCUT2D eigenvalue weighted by atomic mass is 32.2. The summed E-state index contributed by atoms with van der Waals surface area (Å²) in [5, 5.41) is 9.51. The lowest BCUT2D eigenvalue weighted by atomic mass is 10.1. The molecule has 17 heavy (non-hydrogen) atoms. The van der Waals surface area contributed by atoms with Crippen molar-refractivity contribution < 1.29 is 18.3 Å². The molecule has 0 aliphatic carbocycles. The Labute approximate surface area is 100 Å². The Morgan fingerprint density at radius 3 is 2.41 bits per heavy atom. The van der Waals surface area contributed by atoms with Gasteiger partial charge in [0.15, 0.2) is 5.78 Å². The lowest BCUT2D eigenvalue weighted by molar-refractivity contribution is 0.101. The molecule has 0 unspecified atom stereocenters. The molecule has 1 aromatic carbocycles. The monoisotopic (exact) mass is 258 g/mol. The molecule has 6 nitrogen and oxygen atoms in total. The van der Waals surface area contributed by atoms with Crippen molar-refractivity contribution >= 4 is 21.7 Å². The summed E-state index contributed by atoms with van der Waals surface area (Å²) < 4.78 is 26.2. The third-order valence-corrected chi connectivity index (χ3v) is 3.56. The van der Waals surface area contributed by atoms with E-state index in [1.54, 1.807) is 0 Å². The van der Waals surface area contributed by atoms with E-state index < -0.39 is 10.2 Å². The number of hydrogen-bond acceptors (Lipinski definition) is 4. The second-order valence-corrected chi connectivity index (χ2v) is 5.56. The van der Waals surface area contributed by atoms with Crippen molar-refractivity contribution in [1.29, 1.82) is 0 Å². The predicted octanol–water partition coefficient (Wildman–Crippen LogP) is 0.813. The van der Waals surface area contributed by atoms with Crippen LogP contribution in [0.3, 0.4) is 0 Å². The van der Waals surface area contributed by atoms with Gasteiger partial charge in [-0.3, -0.25) is 9.52 Å². The highest BCUT2D eigenvalue weighted by Crippen LogP contribution is 2.25. The first-order chi connectivity index (χ1) is 7.74. The van der Waals surface area contributed by atoms with Gasteiger partial charge in [-0.1, -0.05) is 0 Å². The fourth-order valence-corrected chi connectivity index (χ4v) is 1.69. The van der Waals surface area contributed by atoms with E-state index in [-0.39, 0.29) is 17.2 Å². The summed E-state index contributed by atoms with van der Waals surface area (Å²) in [5.74, 6) is -0.448. The average molecular weight is 258 g/mol. The van der Waals surface area contributed by atoms with Crippen molar-refractivity contribution in [2.45, 2.75) is 6.92 Å². The minimum atomic E-state index is -3.70. The van der Waals surface area contributed by atoms with Crippen LogP contribution in [0.2, 0.25) is 0 Å². The van der Waals surface area contributed by atoms with Gasteiger partial charge >= 0.3 is 10.2 Å². The summed E-state index contributed by atoms with van der Waals surface area (Å²) in [7, 11) is -0.993. The number of anilines is 1. The molecule has 0 aliphatic heterocycles. The standard InChI is InChI=1S/C10H14N2O4S/c1-7(13)8-4-5-10(14)9(6-8)11-17(15,16)12(2)3/h4-6,11,14H,1-3H3. The van der Waals surface area contributed by atoms with Gasteiger partial charge in [0, 0.05) is 19.7 Å². The van der Waals surface area contributed by atoms with Gasteiger partial charge in [-0.15, -0.1) is 0 Å². The molecule has 0 radical (unpaired) electrons. The van der Waals surface area contributed by atoms with E-state index in [1.165, 1.54) is 39.2 Å². The molecule has 2 N–H and O–H groups in total. The van der Waals surface area contributed by atoms with Crippen LogP contribution in [-0.2, 0) is 10.2 Å². The Hall–Kier alpha value is -1.60. The molecule has 0 heterocycles. The maximum atomic E-state index is 11.6. The van der Waals surface area contributed by atoms with E-state index in [0.717, 1.165) is 4.31 Å². The zero-order valence-corrected chi connectivity index (χ0v) is 10.6. The minimum absolute atomic E-state index is 0.0219. The summed E-state index contributed by atoms with van der Waals surface area (Å²) in [6.07, 6.45) is 0. The zero-order valence-electron chi connectivity index (χ0n) is 9.76. The highest BCUT2D eigenvalue weighted by Gasteiger charge is 2.16. The minimum Gasteiger partial charge on any atom is -0.506 e. The van der Waals surface area contributed by atoms with Crippen molar-refractivity contribution in [3.63, 3.8) is 0 Å². The topological polar surface area (TPSA) is 86.7 Å². The molecule has 1 aromatic rings. The van der Waals surface area contributed by atoms with Gasteiger partial charge in [-0.05, 0) is 25.1 Å². The number of hydrogen-bond donors (Lipinski definition) is 2. The molecule has 0 bridgehead atoms. The first-order valence-corrected chi connectivity index (χ1v) is 6.22. The Bertz CT molecular complexity index is 537. The fourth-order valence-electron chi connectivity index (χ4n) is 1.07. The SMILES string of the molecule is CC(=O)c1ccc(O)c(NS(=O)(=O)N(C)C)c1. The van der Waals surface area contributed by atoms with Gasteiger partial charge in [0.05, 0.1) is 5.69 Å². The third-order valence-electron chi connectivity index (χ3n) is 2.12. The van der Waals surface area contributed by atoms with Crippen molar-refractivity contribution in [1.82, 2.24) is 4.31 Å². The number of ketones is 1. The van der Waals surface area contributed by atoms with E-state index in [2.05, 4.69) is 4.72 Å². The van der Waals surface area contributed by atoms with E-state index in [9.17, 15) is 18.3 Å². The molecular weight excluding hydrogens is 244 g/mol. The molecule has 0 saturated heterocycles. The van der Waals surface area contributed by atoms with Crippen LogP contribution in [0.5, 0.6) is 5.75 Å². The van der Waals surface area contributed by atoms with Crippen molar-refractivity contribution in [2.24, 2.45) is 0 Å². The average Bonchev–Trinajstić information content (AvgIpc) is 2.20. The van der Waals surface area contributed by atoms with Gasteiger partial charge < -0.3 is 5.11 Å². The largest absolute Gasteiger partial charge is 0.506 e. The lowest BCUT2D eigenvalue weighted by Gasteiger charge is -2.14. The van der Waals surface area contributed by atoms with Crippen molar-refractivity contribution in [3.05, 3.63) is 23.8 Å². The summed E-state index contributed by atoms with van der Waals surface area (Å²) in [6, 6.07) is 3.98.